The Morgan fingerprint density at radius 3 is 2.71 bits per heavy atom. The largest absolute Gasteiger partial charge is 0.387 e. The second-order valence-corrected chi connectivity index (χ2v) is 7.10. The number of aromatic nitrogens is 3. The average molecular weight is 323 g/mol. The van der Waals surface area contributed by atoms with Gasteiger partial charge in [-0.1, -0.05) is 42.7 Å². The van der Waals surface area contributed by atoms with Crippen LogP contribution in [0.1, 0.15) is 43.5 Å². The molecule has 0 bridgehead atoms. The van der Waals surface area contributed by atoms with Crippen molar-refractivity contribution < 1.29 is 0 Å². The predicted octanol–water partition coefficient (Wildman–Crippen LogP) is 4.59. The first-order valence-electron chi connectivity index (χ1n) is 7.34. The van der Waals surface area contributed by atoms with E-state index in [9.17, 15) is 0 Å². The van der Waals surface area contributed by atoms with Gasteiger partial charge in [-0.2, -0.15) is 0 Å². The average Bonchev–Trinajstić information content (AvgIpc) is 2.97. The molecule has 112 valence electrons. The zero-order chi connectivity index (χ0) is 14.8. The highest BCUT2D eigenvalue weighted by molar-refractivity contribution is 7.14. The minimum atomic E-state index is 0.481. The molecule has 21 heavy (non-hydrogen) atoms. The van der Waals surface area contributed by atoms with Crippen molar-refractivity contribution in [3.05, 3.63) is 22.4 Å². The van der Waals surface area contributed by atoms with E-state index < -0.39 is 0 Å². The Morgan fingerprint density at radius 1 is 1.24 bits per heavy atom. The molecular weight excluding hydrogens is 304 g/mol. The Kier molecular flexibility index (Phi) is 4.40. The lowest BCUT2D eigenvalue weighted by molar-refractivity contribution is 0.346. The molecule has 3 rings (SSSR count). The number of hydrogen-bond acceptors (Lipinski definition) is 5. The summed E-state index contributed by atoms with van der Waals surface area (Å²) >= 11 is 7.62. The molecule has 0 aromatic carbocycles. The number of hydrogen-bond donors (Lipinski definition) is 1. The Labute approximate surface area is 134 Å². The lowest BCUT2D eigenvalue weighted by atomic mass is 9.83. The first kappa shape index (κ1) is 14.7. The molecule has 1 saturated carbocycles. The van der Waals surface area contributed by atoms with Gasteiger partial charge in [0.1, 0.15) is 10.2 Å². The molecule has 0 aliphatic heterocycles. The highest BCUT2D eigenvalue weighted by Gasteiger charge is 2.23. The molecule has 1 fully saturated rings. The van der Waals surface area contributed by atoms with Crippen molar-refractivity contribution in [3.8, 4) is 10.6 Å². The second-order valence-electron chi connectivity index (χ2n) is 5.70. The predicted molar refractivity (Wildman–Crippen MR) is 88.1 cm³/mol. The van der Waals surface area contributed by atoms with Gasteiger partial charge in [-0.15, -0.1) is 10.2 Å². The first-order chi connectivity index (χ1) is 10.2. The zero-order valence-electron chi connectivity index (χ0n) is 12.3. The summed E-state index contributed by atoms with van der Waals surface area (Å²) in [7, 11) is 1.87. The van der Waals surface area contributed by atoms with Crippen LogP contribution in [-0.2, 0) is 0 Å². The molecule has 4 nitrogen and oxygen atoms in total. The van der Waals surface area contributed by atoms with Crippen molar-refractivity contribution in [2.24, 2.45) is 5.92 Å². The van der Waals surface area contributed by atoms with E-state index in [1.165, 1.54) is 25.7 Å². The van der Waals surface area contributed by atoms with Crippen molar-refractivity contribution in [2.45, 2.75) is 38.5 Å². The lowest BCUT2D eigenvalue weighted by Gasteiger charge is -2.23. The van der Waals surface area contributed by atoms with Crippen molar-refractivity contribution in [2.75, 3.05) is 12.4 Å². The second kappa shape index (κ2) is 6.28. The maximum absolute atomic E-state index is 5.94. The van der Waals surface area contributed by atoms with Crippen LogP contribution < -0.4 is 5.32 Å². The van der Waals surface area contributed by atoms with Crippen LogP contribution in [0.2, 0.25) is 5.15 Å². The minimum Gasteiger partial charge on any atom is -0.387 e. The summed E-state index contributed by atoms with van der Waals surface area (Å²) in [5, 5.41) is 14.5. The monoisotopic (exact) mass is 322 g/mol. The third-order valence-corrected chi connectivity index (χ3v) is 5.50. The standard InChI is InChI=1S/C15H19ClN4S/c1-9-3-5-10(6-4-9)14-19-20-15(21-14)11-8-18-13(16)7-12(11)17-2/h7-10H,3-6H2,1-2H3,(H,17,18)/t9-,10-. The number of pyridine rings is 1. The quantitative estimate of drug-likeness (QED) is 0.840. The number of halogens is 1. The molecule has 2 aromatic rings. The Bertz CT molecular complexity index is 620. The van der Waals surface area contributed by atoms with Gasteiger partial charge in [-0.3, -0.25) is 0 Å². The van der Waals surface area contributed by atoms with Crippen LogP contribution in [0.4, 0.5) is 5.69 Å². The van der Waals surface area contributed by atoms with Crippen LogP contribution in [0.3, 0.4) is 0 Å². The highest BCUT2D eigenvalue weighted by atomic mass is 35.5. The van der Waals surface area contributed by atoms with E-state index in [4.69, 9.17) is 11.6 Å². The molecule has 1 N–H and O–H groups in total. The van der Waals surface area contributed by atoms with Crippen molar-refractivity contribution in [1.82, 2.24) is 15.2 Å². The molecule has 0 saturated heterocycles. The maximum Gasteiger partial charge on any atom is 0.151 e. The Morgan fingerprint density at radius 2 is 2.00 bits per heavy atom. The molecule has 2 aromatic heterocycles. The van der Waals surface area contributed by atoms with Crippen molar-refractivity contribution >= 4 is 28.6 Å². The fourth-order valence-corrected chi connectivity index (χ4v) is 4.02. The van der Waals surface area contributed by atoms with E-state index in [1.807, 2.05) is 13.1 Å². The summed E-state index contributed by atoms with van der Waals surface area (Å²) in [5.41, 5.74) is 1.91. The molecule has 6 heteroatoms. The van der Waals surface area contributed by atoms with Crippen LogP contribution in [0, 0.1) is 5.92 Å². The summed E-state index contributed by atoms with van der Waals surface area (Å²) in [5.74, 6) is 1.43. The van der Waals surface area contributed by atoms with Crippen LogP contribution >= 0.6 is 22.9 Å². The van der Waals surface area contributed by atoms with Gasteiger partial charge in [-0.05, 0) is 24.8 Å². The van der Waals surface area contributed by atoms with E-state index in [0.29, 0.717) is 11.1 Å². The molecule has 1 aliphatic carbocycles. The van der Waals surface area contributed by atoms with E-state index >= 15 is 0 Å². The van der Waals surface area contributed by atoms with E-state index in [-0.39, 0.29) is 0 Å². The van der Waals surface area contributed by atoms with Crippen molar-refractivity contribution in [1.29, 1.82) is 0 Å². The Balaban J connectivity index is 1.85. The van der Waals surface area contributed by atoms with Crippen LogP contribution in [0.25, 0.3) is 10.6 Å². The zero-order valence-corrected chi connectivity index (χ0v) is 13.8. The lowest BCUT2D eigenvalue weighted by Crippen LogP contribution is -2.10. The third kappa shape index (κ3) is 3.19. The highest BCUT2D eigenvalue weighted by Crippen LogP contribution is 2.39. The Hall–Kier alpha value is -1.20. The fraction of sp³-hybridized carbons (Fsp3) is 0.533. The number of nitrogens with zero attached hydrogens (tertiary/aromatic N) is 3. The van der Waals surface area contributed by atoms with Gasteiger partial charge in [0, 0.05) is 24.8 Å². The number of anilines is 1. The molecular formula is C15H19ClN4S. The number of rotatable bonds is 3. The van der Waals surface area contributed by atoms with Gasteiger partial charge in [0.05, 0.1) is 5.56 Å². The smallest absolute Gasteiger partial charge is 0.151 e. The van der Waals surface area contributed by atoms with E-state index in [0.717, 1.165) is 27.2 Å². The van der Waals surface area contributed by atoms with Gasteiger partial charge in [0.2, 0.25) is 0 Å². The summed E-state index contributed by atoms with van der Waals surface area (Å²) in [6.07, 6.45) is 6.82. The minimum absolute atomic E-state index is 0.481. The summed E-state index contributed by atoms with van der Waals surface area (Å²) < 4.78 is 0. The SMILES string of the molecule is CNc1cc(Cl)ncc1-c1nnc([C@H]2CC[C@H](C)CC2)s1. The molecule has 0 radical (unpaired) electrons. The van der Waals surface area contributed by atoms with E-state index in [2.05, 4.69) is 27.4 Å². The molecule has 0 amide bonds. The third-order valence-electron chi connectivity index (χ3n) is 4.18. The molecule has 0 atom stereocenters. The molecule has 2 heterocycles. The molecule has 0 spiro atoms. The van der Waals surface area contributed by atoms with Gasteiger partial charge >= 0.3 is 0 Å². The van der Waals surface area contributed by atoms with Crippen LogP contribution in [-0.4, -0.2) is 22.2 Å². The molecule has 1 aliphatic rings. The van der Waals surface area contributed by atoms with E-state index in [1.54, 1.807) is 17.5 Å². The first-order valence-corrected chi connectivity index (χ1v) is 8.54. The summed E-state index contributed by atoms with van der Waals surface area (Å²) in [6, 6.07) is 1.82. The van der Waals surface area contributed by atoms with Gasteiger partial charge in [0.25, 0.3) is 0 Å². The maximum atomic E-state index is 5.94. The van der Waals surface area contributed by atoms with Gasteiger partial charge in [-0.25, -0.2) is 4.98 Å². The number of nitrogens with one attached hydrogen (secondary N) is 1. The fourth-order valence-electron chi connectivity index (χ4n) is 2.82. The topological polar surface area (TPSA) is 50.7 Å². The van der Waals surface area contributed by atoms with Gasteiger partial charge < -0.3 is 5.32 Å². The summed E-state index contributed by atoms with van der Waals surface area (Å²) in [4.78, 5) is 4.16. The normalized spacial score (nSPS) is 22.2. The van der Waals surface area contributed by atoms with Crippen LogP contribution in [0.5, 0.6) is 0 Å². The molecule has 0 unspecified atom stereocenters. The summed E-state index contributed by atoms with van der Waals surface area (Å²) in [6.45, 7) is 2.33. The van der Waals surface area contributed by atoms with Crippen molar-refractivity contribution in [3.63, 3.8) is 0 Å². The van der Waals surface area contributed by atoms with Crippen LogP contribution in [0.15, 0.2) is 12.3 Å². The van der Waals surface area contributed by atoms with Gasteiger partial charge in [0.15, 0.2) is 5.01 Å².